The number of nitrogens with one attached hydrogen (secondary N) is 1. The van der Waals surface area contributed by atoms with Crippen molar-refractivity contribution in [3.63, 3.8) is 0 Å². The van der Waals surface area contributed by atoms with Crippen molar-refractivity contribution in [1.29, 1.82) is 0 Å². The standard InChI is InChI=1S/C17H22F4N2.2ClH/c18-13-5-6-15(17(19,20)21)14(11-13)16(12-3-1-2-4-12)23-9-7-22-8-10-23;;/h5-6,11-12,16,22H,1-4,7-10H2;2*1H/t16-;;/m0../s1. The monoisotopic (exact) mass is 402 g/mol. The molecule has 1 heterocycles. The highest BCUT2D eigenvalue weighted by Gasteiger charge is 2.40. The van der Waals surface area contributed by atoms with Gasteiger partial charge in [0.15, 0.2) is 0 Å². The molecule has 1 saturated carbocycles. The Hall–Kier alpha value is -0.560. The fourth-order valence-electron chi connectivity index (χ4n) is 4.02. The first-order valence-corrected chi connectivity index (χ1v) is 8.28. The molecular weight excluding hydrogens is 379 g/mol. The largest absolute Gasteiger partial charge is 0.416 e. The molecule has 0 bridgehead atoms. The van der Waals surface area contributed by atoms with Crippen LogP contribution in [0, 0.1) is 11.7 Å². The summed E-state index contributed by atoms with van der Waals surface area (Å²) in [6, 6.07) is 2.57. The molecule has 1 aliphatic heterocycles. The second-order valence-corrected chi connectivity index (χ2v) is 6.50. The molecule has 1 N–H and O–H groups in total. The number of hydrogen-bond acceptors (Lipinski definition) is 2. The van der Waals surface area contributed by atoms with Gasteiger partial charge < -0.3 is 5.32 Å². The molecule has 0 radical (unpaired) electrons. The maximum atomic E-state index is 13.8. The fourth-order valence-corrected chi connectivity index (χ4v) is 4.02. The Labute approximate surface area is 158 Å². The number of nitrogens with zero attached hydrogens (tertiary/aromatic N) is 1. The first kappa shape index (κ1) is 22.5. The van der Waals surface area contributed by atoms with E-state index in [2.05, 4.69) is 10.2 Å². The van der Waals surface area contributed by atoms with E-state index < -0.39 is 17.6 Å². The molecule has 0 aromatic heterocycles. The molecule has 2 aliphatic rings. The molecule has 25 heavy (non-hydrogen) atoms. The maximum absolute atomic E-state index is 13.8. The van der Waals surface area contributed by atoms with E-state index in [0.29, 0.717) is 13.1 Å². The number of hydrogen-bond donors (Lipinski definition) is 1. The molecule has 8 heteroatoms. The third-order valence-corrected chi connectivity index (χ3v) is 5.03. The summed E-state index contributed by atoms with van der Waals surface area (Å²) in [6.07, 6.45) is -0.521. The van der Waals surface area contributed by atoms with E-state index in [1.165, 1.54) is 0 Å². The molecule has 144 valence electrons. The third kappa shape index (κ3) is 5.22. The average Bonchev–Trinajstić information content (AvgIpc) is 3.01. The fraction of sp³-hybridized carbons (Fsp3) is 0.647. The lowest BCUT2D eigenvalue weighted by Gasteiger charge is -2.39. The van der Waals surface area contributed by atoms with Gasteiger partial charge in [-0.25, -0.2) is 4.39 Å². The van der Waals surface area contributed by atoms with E-state index in [1.807, 2.05) is 0 Å². The predicted molar refractivity (Wildman–Crippen MR) is 95.0 cm³/mol. The van der Waals surface area contributed by atoms with Gasteiger partial charge in [0.25, 0.3) is 0 Å². The SMILES string of the molecule is Cl.Cl.Fc1ccc(C(F)(F)F)c([C@H](C2CCCC2)N2CCNCC2)c1. The molecule has 2 fully saturated rings. The summed E-state index contributed by atoms with van der Waals surface area (Å²) >= 11 is 0. The lowest BCUT2D eigenvalue weighted by molar-refractivity contribution is -0.139. The summed E-state index contributed by atoms with van der Waals surface area (Å²) in [5.41, 5.74) is -0.569. The second kappa shape index (κ2) is 9.40. The maximum Gasteiger partial charge on any atom is 0.416 e. The zero-order valence-corrected chi connectivity index (χ0v) is 15.5. The number of piperazine rings is 1. The first-order chi connectivity index (χ1) is 11.0. The van der Waals surface area contributed by atoms with Crippen LogP contribution in [0.25, 0.3) is 0 Å². The molecular formula is C17H24Cl2F4N2. The highest BCUT2D eigenvalue weighted by Crippen LogP contribution is 2.44. The van der Waals surface area contributed by atoms with Crippen molar-refractivity contribution in [2.75, 3.05) is 26.2 Å². The molecule has 3 rings (SSSR count). The van der Waals surface area contributed by atoms with Gasteiger partial charge in [-0.3, -0.25) is 4.90 Å². The Morgan fingerprint density at radius 2 is 1.64 bits per heavy atom. The molecule has 0 spiro atoms. The predicted octanol–water partition coefficient (Wildman–Crippen LogP) is 4.82. The van der Waals surface area contributed by atoms with Crippen LogP contribution in [-0.2, 0) is 6.18 Å². The van der Waals surface area contributed by atoms with Gasteiger partial charge in [-0.1, -0.05) is 12.8 Å². The smallest absolute Gasteiger partial charge is 0.314 e. The van der Waals surface area contributed by atoms with Gasteiger partial charge >= 0.3 is 6.18 Å². The summed E-state index contributed by atoms with van der Waals surface area (Å²) in [7, 11) is 0. The summed E-state index contributed by atoms with van der Waals surface area (Å²) in [5, 5.41) is 3.23. The van der Waals surface area contributed by atoms with Crippen molar-refractivity contribution in [3.05, 3.63) is 35.1 Å². The Morgan fingerprint density at radius 3 is 2.20 bits per heavy atom. The third-order valence-electron chi connectivity index (χ3n) is 5.03. The van der Waals surface area contributed by atoms with Crippen LogP contribution in [-0.4, -0.2) is 31.1 Å². The zero-order valence-electron chi connectivity index (χ0n) is 13.8. The number of halogens is 6. The lowest BCUT2D eigenvalue weighted by Crippen LogP contribution is -2.47. The van der Waals surface area contributed by atoms with Crippen LogP contribution < -0.4 is 5.32 Å². The van der Waals surface area contributed by atoms with Crippen molar-refractivity contribution in [2.24, 2.45) is 5.92 Å². The van der Waals surface area contributed by atoms with Crippen LogP contribution in [0.5, 0.6) is 0 Å². The highest BCUT2D eigenvalue weighted by atomic mass is 35.5. The van der Waals surface area contributed by atoms with Gasteiger partial charge in [-0.15, -0.1) is 24.8 Å². The molecule has 0 unspecified atom stereocenters. The topological polar surface area (TPSA) is 15.3 Å². The van der Waals surface area contributed by atoms with Crippen molar-refractivity contribution in [2.45, 2.75) is 37.9 Å². The molecule has 1 saturated heterocycles. The Bertz CT molecular complexity index is 542. The molecule has 1 aliphatic carbocycles. The van der Waals surface area contributed by atoms with E-state index >= 15 is 0 Å². The molecule has 1 aromatic carbocycles. The molecule has 2 nitrogen and oxygen atoms in total. The van der Waals surface area contributed by atoms with Gasteiger partial charge in [0.1, 0.15) is 5.82 Å². The van der Waals surface area contributed by atoms with Crippen LogP contribution in [0.3, 0.4) is 0 Å². The van der Waals surface area contributed by atoms with Crippen molar-refractivity contribution in [3.8, 4) is 0 Å². The summed E-state index contributed by atoms with van der Waals surface area (Å²) in [4.78, 5) is 2.11. The van der Waals surface area contributed by atoms with Crippen molar-refractivity contribution in [1.82, 2.24) is 10.2 Å². The minimum absolute atomic E-state index is 0. The van der Waals surface area contributed by atoms with Gasteiger partial charge in [0, 0.05) is 32.2 Å². The summed E-state index contributed by atoms with van der Waals surface area (Å²) < 4.78 is 54.1. The first-order valence-electron chi connectivity index (χ1n) is 8.28. The minimum Gasteiger partial charge on any atom is -0.314 e. The van der Waals surface area contributed by atoms with Gasteiger partial charge in [-0.05, 0) is 42.5 Å². The highest BCUT2D eigenvalue weighted by molar-refractivity contribution is 5.85. The van der Waals surface area contributed by atoms with Crippen molar-refractivity contribution < 1.29 is 17.6 Å². The molecule has 1 atom stereocenters. The number of benzene rings is 1. The van der Waals surface area contributed by atoms with Crippen LogP contribution in [0.4, 0.5) is 17.6 Å². The Kier molecular flexibility index (Phi) is 8.45. The van der Waals surface area contributed by atoms with E-state index in [4.69, 9.17) is 0 Å². The van der Waals surface area contributed by atoms with Gasteiger partial charge in [0.2, 0.25) is 0 Å². The van der Waals surface area contributed by atoms with Gasteiger partial charge in [0.05, 0.1) is 5.56 Å². The Morgan fingerprint density at radius 1 is 1.04 bits per heavy atom. The van der Waals surface area contributed by atoms with Crippen LogP contribution in [0.2, 0.25) is 0 Å². The van der Waals surface area contributed by atoms with E-state index in [1.54, 1.807) is 0 Å². The van der Waals surface area contributed by atoms with E-state index in [0.717, 1.165) is 57.0 Å². The van der Waals surface area contributed by atoms with E-state index in [9.17, 15) is 17.6 Å². The normalized spacial score (nSPS) is 20.6. The average molecular weight is 403 g/mol. The van der Waals surface area contributed by atoms with Crippen LogP contribution in [0.1, 0.15) is 42.9 Å². The number of alkyl halides is 3. The van der Waals surface area contributed by atoms with E-state index in [-0.39, 0.29) is 42.3 Å². The van der Waals surface area contributed by atoms with Crippen LogP contribution in [0.15, 0.2) is 18.2 Å². The van der Waals surface area contributed by atoms with Gasteiger partial charge in [-0.2, -0.15) is 13.2 Å². The summed E-state index contributed by atoms with van der Waals surface area (Å²) in [5.74, 6) is -0.415. The minimum atomic E-state index is -4.45. The van der Waals surface area contributed by atoms with Crippen LogP contribution >= 0.6 is 24.8 Å². The lowest BCUT2D eigenvalue weighted by atomic mass is 9.86. The Balaban J connectivity index is 0.00000156. The molecule has 0 amide bonds. The second-order valence-electron chi connectivity index (χ2n) is 6.50. The quantitative estimate of drug-likeness (QED) is 0.728. The van der Waals surface area contributed by atoms with Crippen molar-refractivity contribution >= 4 is 24.8 Å². The number of rotatable bonds is 3. The summed E-state index contributed by atoms with van der Waals surface area (Å²) in [6.45, 7) is 2.93. The zero-order chi connectivity index (χ0) is 16.4. The molecule has 1 aromatic rings.